The predicted octanol–water partition coefficient (Wildman–Crippen LogP) is 5.42. The normalized spacial score (nSPS) is 18.9. The van der Waals surface area contributed by atoms with Gasteiger partial charge in [-0.1, -0.05) is 53.3 Å². The van der Waals surface area contributed by atoms with Crippen LogP contribution in [0.5, 0.6) is 0 Å². The second-order valence-electron chi connectivity index (χ2n) is 4.20. The molecule has 0 N–H and O–H groups in total. The smallest absolute Gasteiger partial charge is 0.0389 e. The highest BCUT2D eigenvalue weighted by molar-refractivity contribution is 5.29. The van der Waals surface area contributed by atoms with Gasteiger partial charge in [-0.15, -0.1) is 0 Å². The molecule has 18 heavy (non-hydrogen) atoms. The topological polar surface area (TPSA) is 3.24 Å². The molecule has 1 saturated heterocycles. The van der Waals surface area contributed by atoms with E-state index in [1.165, 1.54) is 25.2 Å². The Balaban J connectivity index is 0. The van der Waals surface area contributed by atoms with Crippen molar-refractivity contribution in [3.63, 3.8) is 0 Å². The summed E-state index contributed by atoms with van der Waals surface area (Å²) in [6.45, 7) is 20.8. The van der Waals surface area contributed by atoms with Crippen LogP contribution in [0.2, 0.25) is 0 Å². The van der Waals surface area contributed by atoms with Gasteiger partial charge in [-0.05, 0) is 37.8 Å². The number of rotatable bonds is 3. The Morgan fingerprint density at radius 1 is 1.22 bits per heavy atom. The van der Waals surface area contributed by atoms with Gasteiger partial charge in [-0.25, -0.2) is 0 Å². The van der Waals surface area contributed by atoms with Crippen molar-refractivity contribution in [2.24, 2.45) is 5.92 Å². The van der Waals surface area contributed by atoms with E-state index < -0.39 is 0 Å². The van der Waals surface area contributed by atoms with E-state index in [0.717, 1.165) is 11.5 Å². The summed E-state index contributed by atoms with van der Waals surface area (Å²) in [5, 5.41) is 0. The Hall–Kier alpha value is -0.980. The second kappa shape index (κ2) is 12.5. The highest BCUT2D eigenvalue weighted by Crippen LogP contribution is 2.23. The lowest BCUT2D eigenvalue weighted by Gasteiger charge is -2.21. The Morgan fingerprint density at radius 3 is 2.11 bits per heavy atom. The monoisotopic (exact) mass is 251 g/mol. The van der Waals surface area contributed by atoms with Crippen LogP contribution in [0.1, 0.15) is 54.9 Å². The van der Waals surface area contributed by atoms with Crippen LogP contribution in [0.3, 0.4) is 0 Å². The number of nitrogens with zero attached hydrogens (tertiary/aromatic N) is 1. The Labute approximate surface area is 115 Å². The predicted molar refractivity (Wildman–Crippen MR) is 85.8 cm³/mol. The molecule has 0 aromatic rings. The summed E-state index contributed by atoms with van der Waals surface area (Å²) >= 11 is 0. The molecule has 0 aromatic carbocycles. The lowest BCUT2D eigenvalue weighted by Crippen LogP contribution is -2.20. The fourth-order valence-corrected chi connectivity index (χ4v) is 1.86. The van der Waals surface area contributed by atoms with Gasteiger partial charge in [0.2, 0.25) is 0 Å². The summed E-state index contributed by atoms with van der Waals surface area (Å²) in [5.41, 5.74) is 2.46. The van der Waals surface area contributed by atoms with Crippen molar-refractivity contribution >= 4 is 0 Å². The Kier molecular flexibility index (Phi) is 13.4. The zero-order chi connectivity index (χ0) is 14.6. The van der Waals surface area contributed by atoms with Crippen LogP contribution in [-0.2, 0) is 0 Å². The zero-order valence-electron chi connectivity index (χ0n) is 13.6. The van der Waals surface area contributed by atoms with E-state index in [-0.39, 0.29) is 0 Å². The first-order valence-corrected chi connectivity index (χ1v) is 7.39. The lowest BCUT2D eigenvalue weighted by molar-refractivity contribution is 0.418. The molecule has 1 aliphatic heterocycles. The zero-order valence-corrected chi connectivity index (χ0v) is 13.6. The third-order valence-corrected chi connectivity index (χ3v) is 2.65. The Morgan fingerprint density at radius 2 is 1.78 bits per heavy atom. The lowest BCUT2D eigenvalue weighted by atomic mass is 10.2. The fourth-order valence-electron chi connectivity index (χ4n) is 1.86. The molecule has 1 heterocycles. The summed E-state index contributed by atoms with van der Waals surface area (Å²) in [5.74, 6) is 0.823. The molecule has 1 atom stereocenters. The van der Waals surface area contributed by atoms with Crippen molar-refractivity contribution < 1.29 is 0 Å². The molecule has 0 aromatic heterocycles. The second-order valence-corrected chi connectivity index (χ2v) is 4.20. The van der Waals surface area contributed by atoms with E-state index >= 15 is 0 Å². The molecule has 0 bridgehead atoms. The minimum atomic E-state index is 0.823. The average Bonchev–Trinajstić information content (AvgIpc) is 2.81. The molecular weight excluding hydrogens is 218 g/mol. The molecule has 0 amide bonds. The maximum absolute atomic E-state index is 4.03. The summed E-state index contributed by atoms with van der Waals surface area (Å²) in [4.78, 5) is 2.44. The largest absolute Gasteiger partial charge is 0.371 e. The van der Waals surface area contributed by atoms with Gasteiger partial charge in [-0.2, -0.15) is 0 Å². The van der Waals surface area contributed by atoms with Crippen molar-refractivity contribution in [2.75, 3.05) is 13.1 Å². The minimum Gasteiger partial charge on any atom is -0.371 e. The third-order valence-electron chi connectivity index (χ3n) is 2.65. The van der Waals surface area contributed by atoms with Crippen LogP contribution in [0.4, 0.5) is 0 Å². The molecular formula is C17H33N. The van der Waals surface area contributed by atoms with Crippen LogP contribution in [0.15, 0.2) is 36.1 Å². The molecule has 0 aliphatic carbocycles. The minimum absolute atomic E-state index is 0.823. The summed E-state index contributed by atoms with van der Waals surface area (Å²) < 4.78 is 0. The fraction of sp³-hybridized carbons (Fsp3) is 0.647. The van der Waals surface area contributed by atoms with Crippen molar-refractivity contribution in [1.29, 1.82) is 0 Å². The molecule has 1 heteroatoms. The molecule has 1 rings (SSSR count). The molecule has 1 nitrogen and oxygen atoms in total. The third kappa shape index (κ3) is 7.37. The van der Waals surface area contributed by atoms with Crippen molar-refractivity contribution in [3.8, 4) is 0 Å². The van der Waals surface area contributed by atoms with Crippen molar-refractivity contribution in [3.05, 3.63) is 36.1 Å². The molecule has 0 saturated carbocycles. The summed E-state index contributed by atoms with van der Waals surface area (Å²) in [6.07, 6.45) is 7.62. The van der Waals surface area contributed by atoms with E-state index in [1.807, 2.05) is 34.6 Å². The first-order chi connectivity index (χ1) is 8.65. The highest BCUT2D eigenvalue weighted by atomic mass is 15.2. The number of allylic oxidation sites excluding steroid dienone is 4. The molecule has 0 radical (unpaired) electrons. The van der Waals surface area contributed by atoms with Gasteiger partial charge < -0.3 is 4.90 Å². The molecule has 1 unspecified atom stereocenters. The maximum Gasteiger partial charge on any atom is 0.0389 e. The van der Waals surface area contributed by atoms with Gasteiger partial charge in [0, 0.05) is 18.8 Å². The summed E-state index contributed by atoms with van der Waals surface area (Å²) in [7, 11) is 0. The van der Waals surface area contributed by atoms with Crippen LogP contribution >= 0.6 is 0 Å². The molecule has 106 valence electrons. The number of hydrogen-bond donors (Lipinski definition) is 0. The van der Waals surface area contributed by atoms with E-state index in [1.54, 1.807) is 0 Å². The van der Waals surface area contributed by atoms with E-state index in [2.05, 4.69) is 43.6 Å². The van der Waals surface area contributed by atoms with Gasteiger partial charge in [-0.3, -0.25) is 0 Å². The van der Waals surface area contributed by atoms with Crippen LogP contribution in [0.25, 0.3) is 0 Å². The Bertz CT molecular complexity index is 261. The van der Waals surface area contributed by atoms with Crippen LogP contribution < -0.4 is 0 Å². The molecule has 1 aliphatic rings. The summed E-state index contributed by atoms with van der Waals surface area (Å²) in [6, 6.07) is 0. The molecule has 0 spiro atoms. The van der Waals surface area contributed by atoms with Gasteiger partial charge in [0.1, 0.15) is 0 Å². The first-order valence-electron chi connectivity index (χ1n) is 7.39. The van der Waals surface area contributed by atoms with Crippen LogP contribution in [0, 0.1) is 5.92 Å². The van der Waals surface area contributed by atoms with E-state index in [4.69, 9.17) is 0 Å². The van der Waals surface area contributed by atoms with Gasteiger partial charge in [0.05, 0.1) is 0 Å². The maximum atomic E-state index is 4.03. The van der Waals surface area contributed by atoms with Gasteiger partial charge in [0.15, 0.2) is 0 Å². The molecule has 1 fully saturated rings. The van der Waals surface area contributed by atoms with E-state index in [9.17, 15) is 0 Å². The van der Waals surface area contributed by atoms with Gasteiger partial charge in [0.25, 0.3) is 0 Å². The van der Waals surface area contributed by atoms with Crippen molar-refractivity contribution in [2.45, 2.75) is 54.9 Å². The number of hydrogen-bond acceptors (Lipinski definition) is 1. The highest BCUT2D eigenvalue weighted by Gasteiger charge is 2.20. The van der Waals surface area contributed by atoms with Crippen molar-refractivity contribution in [1.82, 2.24) is 4.90 Å². The average molecular weight is 251 g/mol. The SMILES string of the molecule is C=C(C)/C(=C\C=C/C)N1CCC(C)C1.CC.CC. The van der Waals surface area contributed by atoms with E-state index in [0.29, 0.717) is 0 Å². The quantitative estimate of drug-likeness (QED) is 0.606. The van der Waals surface area contributed by atoms with Crippen LogP contribution in [-0.4, -0.2) is 18.0 Å². The van der Waals surface area contributed by atoms with Gasteiger partial charge >= 0.3 is 0 Å². The number of likely N-dealkylation sites (tertiary alicyclic amines) is 1. The standard InChI is InChI=1S/C13H21N.2C2H6/c1-5-6-7-13(11(2)3)14-9-8-12(4)10-14;2*1-2/h5-7,12H,2,8-10H2,1,3-4H3;2*1-2H3/b6-5-,13-7+;;. The first kappa shape index (κ1) is 19.4.